The van der Waals surface area contributed by atoms with Gasteiger partial charge in [0.15, 0.2) is 5.82 Å². The van der Waals surface area contributed by atoms with Crippen LogP contribution in [0.3, 0.4) is 0 Å². The third kappa shape index (κ3) is 2.88. The topological polar surface area (TPSA) is 60.2 Å². The van der Waals surface area contributed by atoms with Crippen LogP contribution in [-0.2, 0) is 4.74 Å². The van der Waals surface area contributed by atoms with E-state index in [9.17, 15) is 0 Å². The van der Waals surface area contributed by atoms with E-state index >= 15 is 0 Å². The van der Waals surface area contributed by atoms with E-state index in [0.29, 0.717) is 11.3 Å². The van der Waals surface area contributed by atoms with Crippen LogP contribution in [0.15, 0.2) is 4.52 Å². The third-order valence-corrected chi connectivity index (χ3v) is 4.88. The van der Waals surface area contributed by atoms with E-state index in [1.54, 1.807) is 7.11 Å². The highest BCUT2D eigenvalue weighted by molar-refractivity contribution is 5.03. The maximum Gasteiger partial charge on any atom is 0.243 e. The molecule has 0 bridgehead atoms. The molecule has 5 heteroatoms. The summed E-state index contributed by atoms with van der Waals surface area (Å²) in [7, 11) is 1.75. The van der Waals surface area contributed by atoms with Gasteiger partial charge in [0.2, 0.25) is 5.89 Å². The summed E-state index contributed by atoms with van der Waals surface area (Å²) in [5, 5.41) is 7.60. The van der Waals surface area contributed by atoms with Crippen molar-refractivity contribution in [1.29, 1.82) is 0 Å². The molecule has 2 fully saturated rings. The van der Waals surface area contributed by atoms with Crippen LogP contribution in [0.25, 0.3) is 0 Å². The van der Waals surface area contributed by atoms with Crippen LogP contribution < -0.4 is 5.32 Å². The minimum atomic E-state index is 0.154. The standard InChI is InChI=1S/C15H25N3O2/c1-15(2)6-4-10(5-7-15)13-17-14(20-18-13)12-8-11(19-3)9-16-12/h10-12,16H,4-9H2,1-3H3. The van der Waals surface area contributed by atoms with Crippen molar-refractivity contribution < 1.29 is 9.26 Å². The highest BCUT2D eigenvalue weighted by atomic mass is 16.5. The van der Waals surface area contributed by atoms with E-state index in [-0.39, 0.29) is 12.1 Å². The van der Waals surface area contributed by atoms with Crippen molar-refractivity contribution in [3.63, 3.8) is 0 Å². The van der Waals surface area contributed by atoms with Gasteiger partial charge in [-0.1, -0.05) is 19.0 Å². The smallest absolute Gasteiger partial charge is 0.243 e. The lowest BCUT2D eigenvalue weighted by molar-refractivity contribution is 0.116. The van der Waals surface area contributed by atoms with Gasteiger partial charge in [-0.3, -0.25) is 0 Å². The van der Waals surface area contributed by atoms with Crippen LogP contribution in [0.4, 0.5) is 0 Å². The summed E-state index contributed by atoms with van der Waals surface area (Å²) in [5.74, 6) is 2.10. The Kier molecular flexibility index (Phi) is 3.82. The van der Waals surface area contributed by atoms with E-state index in [0.717, 1.165) is 24.7 Å². The summed E-state index contributed by atoms with van der Waals surface area (Å²) in [6.45, 7) is 5.55. The summed E-state index contributed by atoms with van der Waals surface area (Å²) in [4.78, 5) is 4.64. The number of hydrogen-bond acceptors (Lipinski definition) is 5. The summed E-state index contributed by atoms with van der Waals surface area (Å²) in [6.07, 6.45) is 6.00. The first kappa shape index (κ1) is 14.0. The van der Waals surface area contributed by atoms with Gasteiger partial charge in [0, 0.05) is 19.6 Å². The summed E-state index contributed by atoms with van der Waals surface area (Å²) < 4.78 is 10.8. The van der Waals surface area contributed by atoms with Gasteiger partial charge in [0.25, 0.3) is 0 Å². The van der Waals surface area contributed by atoms with E-state index in [4.69, 9.17) is 9.26 Å². The van der Waals surface area contributed by atoms with E-state index < -0.39 is 0 Å². The van der Waals surface area contributed by atoms with E-state index in [1.807, 2.05) is 0 Å². The Bertz CT molecular complexity index is 448. The second kappa shape index (κ2) is 5.45. The molecule has 2 atom stereocenters. The molecule has 1 N–H and O–H groups in total. The Morgan fingerprint density at radius 3 is 2.70 bits per heavy atom. The number of methoxy groups -OCH3 is 1. The summed E-state index contributed by atoms with van der Waals surface area (Å²) >= 11 is 0. The molecule has 1 aromatic rings. The van der Waals surface area contributed by atoms with Gasteiger partial charge in [0.1, 0.15) is 0 Å². The SMILES string of the molecule is COC1CNC(c2nc(C3CCC(C)(C)CC3)no2)C1. The fourth-order valence-electron chi connectivity index (χ4n) is 3.28. The number of hydrogen-bond donors (Lipinski definition) is 1. The fraction of sp³-hybridized carbons (Fsp3) is 0.867. The van der Waals surface area contributed by atoms with Crippen LogP contribution in [0.5, 0.6) is 0 Å². The molecule has 1 aliphatic carbocycles. The molecular formula is C15H25N3O2. The summed E-state index contributed by atoms with van der Waals surface area (Å²) in [6, 6.07) is 0.154. The summed E-state index contributed by atoms with van der Waals surface area (Å²) in [5.41, 5.74) is 0.474. The van der Waals surface area contributed by atoms with Gasteiger partial charge in [-0.2, -0.15) is 4.98 Å². The lowest BCUT2D eigenvalue weighted by atomic mass is 9.73. The lowest BCUT2D eigenvalue weighted by Crippen LogP contribution is -2.21. The van der Waals surface area contributed by atoms with E-state index in [2.05, 4.69) is 29.3 Å². The van der Waals surface area contributed by atoms with Crippen molar-refractivity contribution >= 4 is 0 Å². The van der Waals surface area contributed by atoms with Crippen LogP contribution in [-0.4, -0.2) is 29.9 Å². The average molecular weight is 279 g/mol. The Labute approximate surface area is 120 Å². The van der Waals surface area contributed by atoms with Gasteiger partial charge in [0.05, 0.1) is 12.1 Å². The molecule has 5 nitrogen and oxygen atoms in total. The molecule has 1 saturated heterocycles. The maximum absolute atomic E-state index is 5.47. The van der Waals surface area contributed by atoms with Crippen LogP contribution in [0.1, 0.15) is 69.6 Å². The van der Waals surface area contributed by atoms with Gasteiger partial charge >= 0.3 is 0 Å². The van der Waals surface area contributed by atoms with Gasteiger partial charge in [-0.05, 0) is 37.5 Å². The van der Waals surface area contributed by atoms with Crippen molar-refractivity contribution in [3.8, 4) is 0 Å². The molecule has 0 radical (unpaired) electrons. The minimum Gasteiger partial charge on any atom is -0.380 e. The molecule has 3 rings (SSSR count). The van der Waals surface area contributed by atoms with Gasteiger partial charge < -0.3 is 14.6 Å². The zero-order chi connectivity index (χ0) is 14.2. The van der Waals surface area contributed by atoms with Gasteiger partial charge in [-0.25, -0.2) is 0 Å². The van der Waals surface area contributed by atoms with Gasteiger partial charge in [-0.15, -0.1) is 0 Å². The molecule has 2 heterocycles. The highest BCUT2D eigenvalue weighted by Crippen LogP contribution is 2.41. The zero-order valence-corrected chi connectivity index (χ0v) is 12.7. The normalized spacial score (nSPS) is 30.8. The van der Waals surface area contributed by atoms with Crippen molar-refractivity contribution in [1.82, 2.24) is 15.5 Å². The lowest BCUT2D eigenvalue weighted by Gasteiger charge is -2.32. The monoisotopic (exact) mass is 279 g/mol. The maximum atomic E-state index is 5.47. The number of nitrogens with zero attached hydrogens (tertiary/aromatic N) is 2. The second-order valence-corrected chi connectivity index (χ2v) is 6.98. The third-order valence-electron chi connectivity index (χ3n) is 4.88. The molecule has 0 spiro atoms. The van der Waals surface area contributed by atoms with Crippen LogP contribution in [0, 0.1) is 5.41 Å². The molecule has 1 saturated carbocycles. The first-order chi connectivity index (χ1) is 9.57. The van der Waals surface area contributed by atoms with Crippen molar-refractivity contribution in [3.05, 3.63) is 11.7 Å². The predicted octanol–water partition coefficient (Wildman–Crippen LogP) is 2.80. The minimum absolute atomic E-state index is 0.154. The van der Waals surface area contributed by atoms with Crippen LogP contribution >= 0.6 is 0 Å². The molecule has 112 valence electrons. The first-order valence-corrected chi connectivity index (χ1v) is 7.67. The molecule has 1 aliphatic heterocycles. The molecule has 1 aromatic heterocycles. The number of nitrogens with one attached hydrogen (secondary N) is 1. The fourth-order valence-corrected chi connectivity index (χ4v) is 3.28. The first-order valence-electron chi connectivity index (χ1n) is 7.67. The van der Waals surface area contributed by atoms with Crippen molar-refractivity contribution in [2.45, 2.75) is 64.0 Å². The molecule has 2 unspecified atom stereocenters. The molecule has 0 aromatic carbocycles. The number of aromatic nitrogens is 2. The quantitative estimate of drug-likeness (QED) is 0.922. The number of rotatable bonds is 3. The Morgan fingerprint density at radius 1 is 1.30 bits per heavy atom. The molecule has 2 aliphatic rings. The molecule has 0 amide bonds. The van der Waals surface area contributed by atoms with Crippen molar-refractivity contribution in [2.75, 3.05) is 13.7 Å². The highest BCUT2D eigenvalue weighted by Gasteiger charge is 2.33. The molecular weight excluding hydrogens is 254 g/mol. The van der Waals surface area contributed by atoms with Crippen LogP contribution in [0.2, 0.25) is 0 Å². The average Bonchev–Trinajstić information content (AvgIpc) is 3.07. The Morgan fingerprint density at radius 2 is 2.05 bits per heavy atom. The zero-order valence-electron chi connectivity index (χ0n) is 12.7. The molecule has 20 heavy (non-hydrogen) atoms. The predicted molar refractivity (Wildman–Crippen MR) is 75.4 cm³/mol. The van der Waals surface area contributed by atoms with Crippen molar-refractivity contribution in [2.24, 2.45) is 5.41 Å². The number of ether oxygens (including phenoxy) is 1. The Hall–Kier alpha value is -0.940. The Balaban J connectivity index is 1.63. The second-order valence-electron chi connectivity index (χ2n) is 6.98. The largest absolute Gasteiger partial charge is 0.380 e. The van der Waals surface area contributed by atoms with E-state index in [1.165, 1.54) is 25.7 Å².